The highest BCUT2D eigenvalue weighted by molar-refractivity contribution is 6.09. The van der Waals surface area contributed by atoms with E-state index in [2.05, 4.69) is 12.1 Å². The van der Waals surface area contributed by atoms with Crippen LogP contribution in [0.5, 0.6) is 0 Å². The highest BCUT2D eigenvalue weighted by Gasteiger charge is 2.50. The molecule has 1 saturated heterocycles. The molecular formula is C16H21NO2. The molecule has 1 aliphatic heterocycles. The number of benzene rings is 1. The molecule has 0 bridgehead atoms. The summed E-state index contributed by atoms with van der Waals surface area (Å²) in [6.45, 7) is 10.0. The lowest BCUT2D eigenvalue weighted by Gasteiger charge is -2.47. The Kier molecular flexibility index (Phi) is 3.48. The van der Waals surface area contributed by atoms with Crippen LogP contribution in [0, 0.1) is 32.6 Å². The maximum absolute atomic E-state index is 12.3. The maximum atomic E-state index is 12.3. The first-order valence-electron chi connectivity index (χ1n) is 6.74. The number of rotatable bonds is 3. The fraction of sp³-hybridized carbons (Fsp3) is 0.500. The number of aldehydes is 1. The molecule has 102 valence electrons. The van der Waals surface area contributed by atoms with Crippen molar-refractivity contribution in [2.45, 2.75) is 40.7 Å². The molecule has 19 heavy (non-hydrogen) atoms. The molecule has 0 saturated carbocycles. The van der Waals surface area contributed by atoms with Gasteiger partial charge in [0.2, 0.25) is 5.91 Å². The Labute approximate surface area is 114 Å². The van der Waals surface area contributed by atoms with Crippen LogP contribution in [0.2, 0.25) is 0 Å². The molecule has 0 aromatic heterocycles. The first kappa shape index (κ1) is 13.8. The van der Waals surface area contributed by atoms with Crippen molar-refractivity contribution in [2.24, 2.45) is 11.8 Å². The number of hydrogen-bond acceptors (Lipinski definition) is 2. The lowest BCUT2D eigenvalue weighted by atomic mass is 9.78. The van der Waals surface area contributed by atoms with Gasteiger partial charge in [-0.15, -0.1) is 0 Å². The maximum Gasteiger partial charge on any atom is 0.233 e. The second-order valence-electron chi connectivity index (χ2n) is 5.85. The standard InChI is InChI=1S/C16H21NO2/c1-9(2)14-13(8-18)17(16(14)19)15-11(4)6-10(3)7-12(15)5/h6-9,13-14H,1-5H3. The Balaban J connectivity index is 2.44. The van der Waals surface area contributed by atoms with Gasteiger partial charge < -0.3 is 9.69 Å². The van der Waals surface area contributed by atoms with Crippen LogP contribution < -0.4 is 4.90 Å². The number of nitrogens with zero attached hydrogens (tertiary/aromatic N) is 1. The van der Waals surface area contributed by atoms with Gasteiger partial charge >= 0.3 is 0 Å². The van der Waals surface area contributed by atoms with E-state index in [0.29, 0.717) is 0 Å². The average molecular weight is 259 g/mol. The Morgan fingerprint density at radius 2 is 1.68 bits per heavy atom. The molecule has 0 radical (unpaired) electrons. The minimum Gasteiger partial charge on any atom is -0.301 e. The molecule has 1 heterocycles. The second-order valence-corrected chi connectivity index (χ2v) is 5.85. The van der Waals surface area contributed by atoms with E-state index in [4.69, 9.17) is 0 Å². The van der Waals surface area contributed by atoms with Crippen LogP contribution in [0.15, 0.2) is 12.1 Å². The van der Waals surface area contributed by atoms with Crippen molar-refractivity contribution in [3.05, 3.63) is 28.8 Å². The van der Waals surface area contributed by atoms with Gasteiger partial charge in [-0.2, -0.15) is 0 Å². The molecule has 0 spiro atoms. The van der Waals surface area contributed by atoms with Gasteiger partial charge in [-0.25, -0.2) is 0 Å². The van der Waals surface area contributed by atoms with E-state index in [1.807, 2.05) is 34.6 Å². The van der Waals surface area contributed by atoms with Crippen LogP contribution in [-0.2, 0) is 9.59 Å². The quantitative estimate of drug-likeness (QED) is 0.618. The summed E-state index contributed by atoms with van der Waals surface area (Å²) >= 11 is 0. The summed E-state index contributed by atoms with van der Waals surface area (Å²) in [5.41, 5.74) is 4.19. The Bertz CT molecular complexity index is 511. The predicted molar refractivity (Wildman–Crippen MR) is 76.3 cm³/mol. The van der Waals surface area contributed by atoms with Crippen molar-refractivity contribution in [3.8, 4) is 0 Å². The van der Waals surface area contributed by atoms with Crippen molar-refractivity contribution in [1.82, 2.24) is 0 Å². The van der Waals surface area contributed by atoms with Gasteiger partial charge in [0.25, 0.3) is 0 Å². The molecule has 1 amide bonds. The summed E-state index contributed by atoms with van der Waals surface area (Å²) < 4.78 is 0. The summed E-state index contributed by atoms with van der Waals surface area (Å²) in [5.74, 6) is 0.102. The normalized spacial score (nSPS) is 22.6. The van der Waals surface area contributed by atoms with Crippen molar-refractivity contribution >= 4 is 17.9 Å². The van der Waals surface area contributed by atoms with E-state index in [0.717, 1.165) is 23.1 Å². The number of hydrogen-bond donors (Lipinski definition) is 0. The second kappa shape index (κ2) is 4.80. The SMILES string of the molecule is Cc1cc(C)c(N2C(=O)C(C(C)C)C2C=O)c(C)c1. The van der Waals surface area contributed by atoms with Gasteiger partial charge in [-0.1, -0.05) is 31.5 Å². The zero-order valence-corrected chi connectivity index (χ0v) is 12.2. The van der Waals surface area contributed by atoms with Gasteiger partial charge in [-0.05, 0) is 37.8 Å². The van der Waals surface area contributed by atoms with Gasteiger partial charge in [0.05, 0.1) is 11.6 Å². The van der Waals surface area contributed by atoms with Crippen molar-refractivity contribution in [1.29, 1.82) is 0 Å². The van der Waals surface area contributed by atoms with Crippen LogP contribution in [0.1, 0.15) is 30.5 Å². The number of carbonyl (C=O) groups is 2. The Morgan fingerprint density at radius 1 is 1.16 bits per heavy atom. The minimum absolute atomic E-state index is 0.0714. The zero-order chi connectivity index (χ0) is 14.3. The zero-order valence-electron chi connectivity index (χ0n) is 12.2. The fourth-order valence-corrected chi connectivity index (χ4v) is 3.17. The highest BCUT2D eigenvalue weighted by Crippen LogP contribution is 2.39. The third-order valence-corrected chi connectivity index (χ3v) is 3.92. The fourth-order valence-electron chi connectivity index (χ4n) is 3.17. The van der Waals surface area contributed by atoms with Crippen LogP contribution in [0.25, 0.3) is 0 Å². The molecule has 0 aliphatic carbocycles. The number of anilines is 1. The predicted octanol–water partition coefficient (Wildman–Crippen LogP) is 2.80. The van der Waals surface area contributed by atoms with Crippen LogP contribution in [-0.4, -0.2) is 18.2 Å². The average Bonchev–Trinajstić information content (AvgIpc) is 2.28. The van der Waals surface area contributed by atoms with Crippen LogP contribution >= 0.6 is 0 Å². The summed E-state index contributed by atoms with van der Waals surface area (Å²) in [5, 5.41) is 0. The van der Waals surface area contributed by atoms with Crippen LogP contribution in [0.3, 0.4) is 0 Å². The third kappa shape index (κ3) is 2.07. The van der Waals surface area contributed by atoms with E-state index in [1.54, 1.807) is 4.90 Å². The molecular weight excluding hydrogens is 238 g/mol. The third-order valence-electron chi connectivity index (χ3n) is 3.92. The first-order valence-corrected chi connectivity index (χ1v) is 6.74. The largest absolute Gasteiger partial charge is 0.301 e. The summed E-state index contributed by atoms with van der Waals surface area (Å²) in [7, 11) is 0. The minimum atomic E-state index is -0.312. The highest BCUT2D eigenvalue weighted by atomic mass is 16.2. The van der Waals surface area contributed by atoms with Gasteiger partial charge in [0.1, 0.15) is 12.3 Å². The van der Waals surface area contributed by atoms with Crippen LogP contribution in [0.4, 0.5) is 5.69 Å². The molecule has 0 N–H and O–H groups in total. The smallest absolute Gasteiger partial charge is 0.233 e. The van der Waals surface area contributed by atoms with E-state index in [1.165, 1.54) is 5.56 Å². The Hall–Kier alpha value is -1.64. The van der Waals surface area contributed by atoms with Gasteiger partial charge in [0, 0.05) is 0 Å². The monoisotopic (exact) mass is 259 g/mol. The Morgan fingerprint density at radius 3 is 2.11 bits per heavy atom. The number of amides is 1. The molecule has 1 aromatic rings. The van der Waals surface area contributed by atoms with Crippen molar-refractivity contribution in [2.75, 3.05) is 4.90 Å². The topological polar surface area (TPSA) is 37.4 Å². The molecule has 2 unspecified atom stereocenters. The van der Waals surface area contributed by atoms with Gasteiger partial charge in [-0.3, -0.25) is 4.79 Å². The van der Waals surface area contributed by atoms with Crippen molar-refractivity contribution in [3.63, 3.8) is 0 Å². The van der Waals surface area contributed by atoms with Crippen molar-refractivity contribution < 1.29 is 9.59 Å². The number of β-lactam (4-membered cyclic amide) rings is 1. The van der Waals surface area contributed by atoms with Gasteiger partial charge in [0.15, 0.2) is 0 Å². The molecule has 2 atom stereocenters. The molecule has 3 nitrogen and oxygen atoms in total. The first-order chi connectivity index (χ1) is 8.88. The van der Waals surface area contributed by atoms with E-state index in [9.17, 15) is 9.59 Å². The summed E-state index contributed by atoms with van der Waals surface area (Å²) in [6, 6.07) is 3.80. The van der Waals surface area contributed by atoms with E-state index >= 15 is 0 Å². The molecule has 3 heteroatoms. The van der Waals surface area contributed by atoms with E-state index < -0.39 is 0 Å². The summed E-state index contributed by atoms with van der Waals surface area (Å²) in [4.78, 5) is 25.3. The molecule has 1 aliphatic rings. The molecule has 1 aromatic carbocycles. The lowest BCUT2D eigenvalue weighted by molar-refractivity contribution is -0.135. The molecule has 1 fully saturated rings. The number of carbonyl (C=O) groups excluding carboxylic acids is 2. The number of aryl methyl sites for hydroxylation is 3. The van der Waals surface area contributed by atoms with E-state index in [-0.39, 0.29) is 23.8 Å². The molecule has 2 rings (SSSR count). The lowest BCUT2D eigenvalue weighted by Crippen LogP contribution is -2.64. The summed E-state index contributed by atoms with van der Waals surface area (Å²) in [6.07, 6.45) is 0.908.